The fraction of sp³-hybridized carbons (Fsp3) is 0.267. The highest BCUT2D eigenvalue weighted by molar-refractivity contribution is 9.10. The zero-order valence-corrected chi connectivity index (χ0v) is 12.8. The Balaban J connectivity index is 2.30. The van der Waals surface area contributed by atoms with Crippen molar-refractivity contribution in [2.45, 2.75) is 26.4 Å². The van der Waals surface area contributed by atoms with Crippen molar-refractivity contribution < 1.29 is 0 Å². The summed E-state index contributed by atoms with van der Waals surface area (Å²) in [4.78, 5) is 6.66. The Morgan fingerprint density at radius 2 is 1.95 bits per heavy atom. The van der Waals surface area contributed by atoms with Crippen LogP contribution >= 0.6 is 15.9 Å². The van der Waals surface area contributed by atoms with Gasteiger partial charge in [0.15, 0.2) is 5.82 Å². The zero-order chi connectivity index (χ0) is 13.8. The molecule has 0 radical (unpaired) electrons. The minimum atomic E-state index is 0.330. The molecule has 0 aliphatic heterocycles. The number of hydrogen-bond acceptors (Lipinski definition) is 3. The first-order valence-corrected chi connectivity index (χ1v) is 7.09. The summed E-state index contributed by atoms with van der Waals surface area (Å²) in [7, 11) is 0. The number of benzene rings is 1. The Labute approximate surface area is 122 Å². The minimum absolute atomic E-state index is 0.330. The third-order valence-electron chi connectivity index (χ3n) is 2.95. The highest BCUT2D eigenvalue weighted by Crippen LogP contribution is 2.26. The molecule has 1 aromatic carbocycles. The SMILES string of the molecule is CC(C)N(Cc1ccccc1)c1ncc(Br)cc1N. The molecule has 4 heteroatoms. The lowest BCUT2D eigenvalue weighted by atomic mass is 10.2. The van der Waals surface area contributed by atoms with Crippen LogP contribution < -0.4 is 10.6 Å². The summed E-state index contributed by atoms with van der Waals surface area (Å²) in [5, 5.41) is 0. The van der Waals surface area contributed by atoms with Crippen LogP contribution in [0.15, 0.2) is 47.1 Å². The summed E-state index contributed by atoms with van der Waals surface area (Å²) in [6.45, 7) is 5.09. The highest BCUT2D eigenvalue weighted by Gasteiger charge is 2.15. The van der Waals surface area contributed by atoms with Gasteiger partial charge in [-0.2, -0.15) is 0 Å². The van der Waals surface area contributed by atoms with E-state index in [0.717, 1.165) is 16.8 Å². The van der Waals surface area contributed by atoms with Crippen molar-refractivity contribution in [1.82, 2.24) is 4.98 Å². The van der Waals surface area contributed by atoms with Crippen LogP contribution in [-0.2, 0) is 6.54 Å². The van der Waals surface area contributed by atoms with Crippen LogP contribution in [0.2, 0.25) is 0 Å². The van der Waals surface area contributed by atoms with Crippen molar-refractivity contribution >= 4 is 27.4 Å². The first kappa shape index (κ1) is 13.9. The first-order chi connectivity index (χ1) is 9.08. The van der Waals surface area contributed by atoms with Crippen LogP contribution in [0, 0.1) is 0 Å². The number of aromatic nitrogens is 1. The maximum absolute atomic E-state index is 6.08. The van der Waals surface area contributed by atoms with Gasteiger partial charge in [0.25, 0.3) is 0 Å². The molecule has 0 bridgehead atoms. The summed E-state index contributed by atoms with van der Waals surface area (Å²) in [6, 6.07) is 12.6. The second-order valence-corrected chi connectivity index (χ2v) is 5.69. The average molecular weight is 320 g/mol. The Bertz CT molecular complexity index is 540. The molecule has 1 aromatic heterocycles. The third-order valence-corrected chi connectivity index (χ3v) is 3.39. The molecule has 0 aliphatic carbocycles. The molecule has 2 aromatic rings. The Morgan fingerprint density at radius 1 is 1.26 bits per heavy atom. The predicted octanol–water partition coefficient (Wildman–Crippen LogP) is 3.84. The van der Waals surface area contributed by atoms with E-state index in [1.807, 2.05) is 24.3 Å². The molecule has 100 valence electrons. The van der Waals surface area contributed by atoms with E-state index in [1.54, 1.807) is 6.20 Å². The molecule has 0 saturated carbocycles. The van der Waals surface area contributed by atoms with Gasteiger partial charge in [-0.05, 0) is 41.4 Å². The molecule has 3 nitrogen and oxygen atoms in total. The quantitative estimate of drug-likeness (QED) is 0.930. The largest absolute Gasteiger partial charge is 0.396 e. The molecule has 0 amide bonds. The van der Waals surface area contributed by atoms with Gasteiger partial charge in [0.05, 0.1) is 5.69 Å². The molecule has 0 unspecified atom stereocenters. The summed E-state index contributed by atoms with van der Waals surface area (Å²) < 4.78 is 0.900. The molecule has 19 heavy (non-hydrogen) atoms. The summed E-state index contributed by atoms with van der Waals surface area (Å²) in [5.41, 5.74) is 8.02. The van der Waals surface area contributed by atoms with E-state index in [1.165, 1.54) is 5.56 Å². The maximum atomic E-state index is 6.08. The molecular weight excluding hydrogens is 302 g/mol. The van der Waals surface area contributed by atoms with Gasteiger partial charge in [0.1, 0.15) is 0 Å². The first-order valence-electron chi connectivity index (χ1n) is 6.29. The standard InChI is InChI=1S/C15H18BrN3/c1-11(2)19(10-12-6-4-3-5-7-12)15-14(17)8-13(16)9-18-15/h3-9,11H,10,17H2,1-2H3. The second kappa shape index (κ2) is 6.06. The van der Waals surface area contributed by atoms with Gasteiger partial charge in [-0.1, -0.05) is 30.3 Å². The summed E-state index contributed by atoms with van der Waals surface area (Å²) in [6.07, 6.45) is 1.78. The Morgan fingerprint density at radius 3 is 2.53 bits per heavy atom. The van der Waals surface area contributed by atoms with E-state index >= 15 is 0 Å². The van der Waals surface area contributed by atoms with Crippen molar-refractivity contribution in [3.05, 3.63) is 52.6 Å². The predicted molar refractivity (Wildman–Crippen MR) is 84.1 cm³/mol. The van der Waals surface area contributed by atoms with Gasteiger partial charge in [-0.25, -0.2) is 4.98 Å². The van der Waals surface area contributed by atoms with Gasteiger partial charge in [0, 0.05) is 23.3 Å². The number of nitrogens with zero attached hydrogens (tertiary/aromatic N) is 2. The van der Waals surface area contributed by atoms with Crippen LogP contribution in [-0.4, -0.2) is 11.0 Å². The third kappa shape index (κ3) is 3.47. The molecule has 2 rings (SSSR count). The van der Waals surface area contributed by atoms with E-state index in [4.69, 9.17) is 5.73 Å². The molecule has 0 saturated heterocycles. The van der Waals surface area contributed by atoms with Crippen LogP contribution in [0.25, 0.3) is 0 Å². The van der Waals surface area contributed by atoms with Gasteiger partial charge < -0.3 is 10.6 Å². The van der Waals surface area contributed by atoms with Crippen LogP contribution in [0.3, 0.4) is 0 Å². The van der Waals surface area contributed by atoms with E-state index < -0.39 is 0 Å². The summed E-state index contributed by atoms with van der Waals surface area (Å²) >= 11 is 3.39. The zero-order valence-electron chi connectivity index (χ0n) is 11.2. The number of anilines is 2. The number of rotatable bonds is 4. The van der Waals surface area contributed by atoms with Crippen LogP contribution in [0.4, 0.5) is 11.5 Å². The van der Waals surface area contributed by atoms with E-state index in [0.29, 0.717) is 11.7 Å². The Kier molecular flexibility index (Phi) is 4.43. The van der Waals surface area contributed by atoms with Crippen molar-refractivity contribution in [2.24, 2.45) is 0 Å². The van der Waals surface area contributed by atoms with Crippen molar-refractivity contribution in [2.75, 3.05) is 10.6 Å². The van der Waals surface area contributed by atoms with Gasteiger partial charge >= 0.3 is 0 Å². The van der Waals surface area contributed by atoms with E-state index in [2.05, 4.69) is 51.8 Å². The van der Waals surface area contributed by atoms with Crippen molar-refractivity contribution in [1.29, 1.82) is 0 Å². The lowest BCUT2D eigenvalue weighted by molar-refractivity contribution is 0.673. The topological polar surface area (TPSA) is 42.2 Å². The summed E-state index contributed by atoms with van der Waals surface area (Å²) in [5.74, 6) is 0.835. The molecule has 0 spiro atoms. The minimum Gasteiger partial charge on any atom is -0.396 e. The number of nitrogens with two attached hydrogens (primary N) is 1. The van der Waals surface area contributed by atoms with Gasteiger partial charge in [0.2, 0.25) is 0 Å². The Hall–Kier alpha value is -1.55. The fourth-order valence-electron chi connectivity index (χ4n) is 1.97. The highest BCUT2D eigenvalue weighted by atomic mass is 79.9. The molecule has 0 fully saturated rings. The normalized spacial score (nSPS) is 10.7. The van der Waals surface area contributed by atoms with Crippen molar-refractivity contribution in [3.63, 3.8) is 0 Å². The monoisotopic (exact) mass is 319 g/mol. The number of nitrogen functional groups attached to an aromatic ring is 1. The molecule has 2 N–H and O–H groups in total. The lowest BCUT2D eigenvalue weighted by Gasteiger charge is -2.29. The number of halogens is 1. The van der Waals surface area contributed by atoms with Crippen LogP contribution in [0.5, 0.6) is 0 Å². The van der Waals surface area contributed by atoms with Gasteiger partial charge in [-0.3, -0.25) is 0 Å². The molecule has 1 heterocycles. The molecular formula is C15H18BrN3. The fourth-order valence-corrected chi connectivity index (χ4v) is 2.32. The van der Waals surface area contributed by atoms with Gasteiger partial charge in [-0.15, -0.1) is 0 Å². The molecule has 0 aliphatic rings. The van der Waals surface area contributed by atoms with E-state index in [-0.39, 0.29) is 0 Å². The number of hydrogen-bond donors (Lipinski definition) is 1. The van der Waals surface area contributed by atoms with Crippen molar-refractivity contribution in [3.8, 4) is 0 Å². The second-order valence-electron chi connectivity index (χ2n) is 4.77. The average Bonchev–Trinajstić information content (AvgIpc) is 2.38. The lowest BCUT2D eigenvalue weighted by Crippen LogP contribution is -2.31. The van der Waals surface area contributed by atoms with Crippen LogP contribution in [0.1, 0.15) is 19.4 Å². The smallest absolute Gasteiger partial charge is 0.152 e. The molecule has 0 atom stereocenters. The number of pyridine rings is 1. The van der Waals surface area contributed by atoms with E-state index in [9.17, 15) is 0 Å². The maximum Gasteiger partial charge on any atom is 0.152 e.